The lowest BCUT2D eigenvalue weighted by Gasteiger charge is -2.27. The zero-order valence-corrected chi connectivity index (χ0v) is 10.5. The van der Waals surface area contributed by atoms with Gasteiger partial charge in [0.25, 0.3) is 0 Å². The van der Waals surface area contributed by atoms with Crippen molar-refractivity contribution >= 4 is 7.75 Å². The topological polar surface area (TPSA) is 38.8 Å². The highest BCUT2D eigenvalue weighted by Crippen LogP contribution is 2.51. The molecule has 1 unspecified atom stereocenters. The van der Waals surface area contributed by atoms with Crippen LogP contribution in [0.4, 0.5) is 0 Å². The van der Waals surface area contributed by atoms with E-state index in [9.17, 15) is 4.57 Å². The molecular formula is C9H22NO3P. The molecule has 0 N–H and O–H groups in total. The summed E-state index contributed by atoms with van der Waals surface area (Å²) in [6.07, 6.45) is 1.79. The molecule has 0 bridgehead atoms. The molecule has 0 aliphatic heterocycles. The van der Waals surface area contributed by atoms with E-state index < -0.39 is 7.75 Å². The van der Waals surface area contributed by atoms with E-state index in [1.165, 1.54) is 7.11 Å². The standard InChI is InChI=1S/C9H22NO3P/c1-5-8-10(7-3)14(11,12-4)13-9-6-2/h5-9H2,1-4H3. The molecule has 0 aromatic carbocycles. The Balaban J connectivity index is 4.37. The van der Waals surface area contributed by atoms with E-state index in [1.54, 1.807) is 4.67 Å². The number of hydrogen-bond donors (Lipinski definition) is 0. The molecule has 0 amide bonds. The minimum Gasteiger partial charge on any atom is -0.300 e. The van der Waals surface area contributed by atoms with Gasteiger partial charge in [-0.25, -0.2) is 9.24 Å². The van der Waals surface area contributed by atoms with Gasteiger partial charge in [0.15, 0.2) is 0 Å². The van der Waals surface area contributed by atoms with Gasteiger partial charge in [0, 0.05) is 20.2 Å². The van der Waals surface area contributed by atoms with E-state index in [4.69, 9.17) is 9.05 Å². The van der Waals surface area contributed by atoms with E-state index in [0.717, 1.165) is 19.4 Å². The summed E-state index contributed by atoms with van der Waals surface area (Å²) in [6.45, 7) is 7.88. The van der Waals surface area contributed by atoms with Crippen LogP contribution in [0.1, 0.15) is 33.6 Å². The van der Waals surface area contributed by atoms with E-state index in [2.05, 4.69) is 0 Å². The fraction of sp³-hybridized carbons (Fsp3) is 1.00. The van der Waals surface area contributed by atoms with Crippen molar-refractivity contribution in [3.05, 3.63) is 0 Å². The number of rotatable bonds is 8. The van der Waals surface area contributed by atoms with Crippen LogP contribution in [0.2, 0.25) is 0 Å². The van der Waals surface area contributed by atoms with Crippen LogP contribution in [0.3, 0.4) is 0 Å². The average Bonchev–Trinajstić information content (AvgIpc) is 2.22. The Morgan fingerprint density at radius 3 is 2.21 bits per heavy atom. The van der Waals surface area contributed by atoms with Crippen molar-refractivity contribution in [3.8, 4) is 0 Å². The Morgan fingerprint density at radius 1 is 1.21 bits per heavy atom. The Bertz CT molecular complexity index is 187. The van der Waals surface area contributed by atoms with Gasteiger partial charge >= 0.3 is 7.75 Å². The molecule has 0 radical (unpaired) electrons. The highest BCUT2D eigenvalue weighted by molar-refractivity contribution is 7.51. The zero-order valence-electron chi connectivity index (χ0n) is 9.65. The first-order valence-electron chi connectivity index (χ1n) is 5.20. The first-order chi connectivity index (χ1) is 6.64. The van der Waals surface area contributed by atoms with Crippen LogP contribution in [-0.4, -0.2) is 31.5 Å². The predicted molar refractivity (Wildman–Crippen MR) is 58.4 cm³/mol. The second-order valence-electron chi connectivity index (χ2n) is 3.03. The van der Waals surface area contributed by atoms with E-state index >= 15 is 0 Å². The lowest BCUT2D eigenvalue weighted by molar-refractivity contribution is 0.181. The fourth-order valence-electron chi connectivity index (χ4n) is 1.17. The molecule has 86 valence electrons. The molecule has 1 atom stereocenters. The smallest absolute Gasteiger partial charge is 0.300 e. The maximum atomic E-state index is 12.1. The minimum atomic E-state index is -3.01. The van der Waals surface area contributed by atoms with Crippen molar-refractivity contribution in [2.45, 2.75) is 33.6 Å². The molecule has 0 aliphatic rings. The maximum Gasteiger partial charge on any atom is 0.407 e. The van der Waals surface area contributed by atoms with Crippen LogP contribution in [0.25, 0.3) is 0 Å². The van der Waals surface area contributed by atoms with Gasteiger partial charge in [-0.3, -0.25) is 9.05 Å². The lowest BCUT2D eigenvalue weighted by atomic mass is 10.5. The van der Waals surface area contributed by atoms with Crippen molar-refractivity contribution < 1.29 is 13.6 Å². The predicted octanol–water partition coefficient (Wildman–Crippen LogP) is 2.90. The summed E-state index contributed by atoms with van der Waals surface area (Å²) >= 11 is 0. The molecule has 14 heavy (non-hydrogen) atoms. The van der Waals surface area contributed by atoms with Gasteiger partial charge in [-0.1, -0.05) is 20.8 Å². The Labute approximate surface area is 87.2 Å². The van der Waals surface area contributed by atoms with Gasteiger partial charge in [0.1, 0.15) is 0 Å². The summed E-state index contributed by atoms with van der Waals surface area (Å²) in [5, 5.41) is 0. The molecule has 5 heteroatoms. The summed E-state index contributed by atoms with van der Waals surface area (Å²) in [6, 6.07) is 0. The van der Waals surface area contributed by atoms with Gasteiger partial charge in [0.05, 0.1) is 6.61 Å². The highest BCUT2D eigenvalue weighted by Gasteiger charge is 2.30. The van der Waals surface area contributed by atoms with Crippen molar-refractivity contribution in [2.24, 2.45) is 0 Å². The maximum absolute atomic E-state index is 12.1. The molecule has 4 nitrogen and oxygen atoms in total. The van der Waals surface area contributed by atoms with Gasteiger partial charge < -0.3 is 0 Å². The van der Waals surface area contributed by atoms with Crippen LogP contribution >= 0.6 is 7.75 Å². The second-order valence-corrected chi connectivity index (χ2v) is 5.16. The first kappa shape index (κ1) is 14.1. The number of hydrogen-bond acceptors (Lipinski definition) is 3. The molecular weight excluding hydrogens is 201 g/mol. The Hall–Kier alpha value is 0.110. The summed E-state index contributed by atoms with van der Waals surface area (Å²) in [7, 11) is -1.57. The quantitative estimate of drug-likeness (QED) is 0.593. The minimum absolute atomic E-state index is 0.478. The highest BCUT2D eigenvalue weighted by atomic mass is 31.2. The van der Waals surface area contributed by atoms with Gasteiger partial charge in [-0.15, -0.1) is 0 Å². The SMILES string of the molecule is CCCOP(=O)(OC)N(CC)CCC. The van der Waals surface area contributed by atoms with Crippen LogP contribution in [0.15, 0.2) is 0 Å². The van der Waals surface area contributed by atoms with Gasteiger partial charge in [-0.05, 0) is 12.8 Å². The van der Waals surface area contributed by atoms with Crippen LogP contribution in [-0.2, 0) is 13.6 Å². The summed E-state index contributed by atoms with van der Waals surface area (Å²) in [4.78, 5) is 0. The van der Waals surface area contributed by atoms with Crippen molar-refractivity contribution in [2.75, 3.05) is 26.8 Å². The van der Waals surface area contributed by atoms with Gasteiger partial charge in [-0.2, -0.15) is 0 Å². The van der Waals surface area contributed by atoms with Crippen LogP contribution < -0.4 is 0 Å². The third kappa shape index (κ3) is 4.09. The average molecular weight is 223 g/mol. The van der Waals surface area contributed by atoms with Crippen molar-refractivity contribution in [1.29, 1.82) is 0 Å². The Kier molecular flexibility index (Phi) is 7.47. The molecule has 0 heterocycles. The molecule has 0 rings (SSSR count). The Morgan fingerprint density at radius 2 is 1.86 bits per heavy atom. The largest absolute Gasteiger partial charge is 0.407 e. The zero-order chi connectivity index (χ0) is 11.0. The van der Waals surface area contributed by atoms with E-state index in [1.807, 2.05) is 20.8 Å². The first-order valence-corrected chi connectivity index (χ1v) is 6.69. The van der Waals surface area contributed by atoms with Crippen molar-refractivity contribution in [1.82, 2.24) is 4.67 Å². The fourth-order valence-corrected chi connectivity index (χ4v) is 2.87. The molecule has 0 saturated carbocycles. The van der Waals surface area contributed by atoms with E-state index in [0.29, 0.717) is 13.2 Å². The van der Waals surface area contributed by atoms with E-state index in [-0.39, 0.29) is 0 Å². The molecule has 0 spiro atoms. The number of nitrogens with zero attached hydrogens (tertiary/aromatic N) is 1. The summed E-state index contributed by atoms with van der Waals surface area (Å²) < 4.78 is 24.2. The lowest BCUT2D eigenvalue weighted by Crippen LogP contribution is -2.23. The molecule has 0 aliphatic carbocycles. The van der Waals surface area contributed by atoms with Gasteiger partial charge in [0.2, 0.25) is 0 Å². The third-order valence-corrected chi connectivity index (χ3v) is 4.03. The normalized spacial score (nSPS) is 15.8. The second kappa shape index (κ2) is 7.41. The van der Waals surface area contributed by atoms with Crippen LogP contribution in [0.5, 0.6) is 0 Å². The third-order valence-electron chi connectivity index (χ3n) is 1.88. The summed E-state index contributed by atoms with van der Waals surface area (Å²) in [5.74, 6) is 0. The van der Waals surface area contributed by atoms with Crippen molar-refractivity contribution in [3.63, 3.8) is 0 Å². The molecule has 0 fully saturated rings. The summed E-state index contributed by atoms with van der Waals surface area (Å²) in [5.41, 5.74) is 0. The molecule has 0 saturated heterocycles. The molecule has 0 aromatic rings. The molecule has 0 aromatic heterocycles. The monoisotopic (exact) mass is 223 g/mol. The van der Waals surface area contributed by atoms with Crippen LogP contribution in [0, 0.1) is 0 Å².